The minimum Gasteiger partial charge on any atom is -0.369 e. The van der Waals surface area contributed by atoms with E-state index in [-0.39, 0.29) is 6.04 Å². The summed E-state index contributed by atoms with van der Waals surface area (Å²) >= 11 is 12.5. The van der Waals surface area contributed by atoms with E-state index < -0.39 is 0 Å². The summed E-state index contributed by atoms with van der Waals surface area (Å²) in [6, 6.07) is 18.2. The van der Waals surface area contributed by atoms with Crippen LogP contribution < -0.4 is 10.2 Å². The molecule has 176 valence electrons. The molecule has 1 saturated heterocycles. The molecule has 0 amide bonds. The Morgan fingerprint density at radius 1 is 0.971 bits per heavy atom. The van der Waals surface area contributed by atoms with Crippen LogP contribution in [0.3, 0.4) is 0 Å². The minimum absolute atomic E-state index is 0.0448. The molecular weight excluding hydrogens is 467 g/mol. The molecule has 4 aromatic rings. The summed E-state index contributed by atoms with van der Waals surface area (Å²) in [6.45, 7) is 9.76. The van der Waals surface area contributed by atoms with Crippen molar-refractivity contribution in [3.8, 4) is 11.3 Å². The van der Waals surface area contributed by atoms with E-state index in [1.165, 1.54) is 5.69 Å². The Kier molecular flexibility index (Phi) is 6.63. The Morgan fingerprint density at radius 3 is 2.44 bits per heavy atom. The van der Waals surface area contributed by atoms with E-state index in [4.69, 9.17) is 28.2 Å². The van der Waals surface area contributed by atoms with E-state index in [9.17, 15) is 0 Å². The maximum absolute atomic E-state index is 6.44. The van der Waals surface area contributed by atoms with E-state index in [2.05, 4.69) is 58.3 Å². The van der Waals surface area contributed by atoms with Gasteiger partial charge in [0.05, 0.1) is 17.9 Å². The Morgan fingerprint density at radius 2 is 1.74 bits per heavy atom. The van der Waals surface area contributed by atoms with E-state index in [0.717, 1.165) is 61.0 Å². The van der Waals surface area contributed by atoms with E-state index >= 15 is 0 Å². The summed E-state index contributed by atoms with van der Waals surface area (Å²) < 4.78 is 1.81. The summed E-state index contributed by atoms with van der Waals surface area (Å²) in [4.78, 5) is 9.78. The van der Waals surface area contributed by atoms with E-state index in [0.29, 0.717) is 10.0 Å². The molecule has 1 unspecified atom stereocenters. The lowest BCUT2D eigenvalue weighted by Crippen LogP contribution is -2.46. The van der Waals surface area contributed by atoms with Gasteiger partial charge in [0.2, 0.25) is 0 Å². The molecule has 2 aromatic carbocycles. The first kappa shape index (κ1) is 23.0. The van der Waals surface area contributed by atoms with Gasteiger partial charge in [-0.2, -0.15) is 9.61 Å². The number of aromatic nitrogens is 3. The van der Waals surface area contributed by atoms with Gasteiger partial charge in [-0.05, 0) is 43.3 Å². The van der Waals surface area contributed by atoms with Crippen LogP contribution >= 0.6 is 23.2 Å². The van der Waals surface area contributed by atoms with Gasteiger partial charge in [-0.3, -0.25) is 0 Å². The van der Waals surface area contributed by atoms with Crippen molar-refractivity contribution in [3.05, 3.63) is 76.4 Å². The number of piperazine rings is 1. The third-order valence-electron chi connectivity index (χ3n) is 6.50. The summed E-state index contributed by atoms with van der Waals surface area (Å²) in [6.07, 6.45) is 1.76. The molecule has 1 aliphatic heterocycles. The predicted molar refractivity (Wildman–Crippen MR) is 141 cm³/mol. The van der Waals surface area contributed by atoms with Crippen molar-refractivity contribution >= 4 is 40.4 Å². The smallest absolute Gasteiger partial charge is 0.157 e. The third-order valence-corrected chi connectivity index (χ3v) is 7.06. The van der Waals surface area contributed by atoms with Gasteiger partial charge in [0.1, 0.15) is 5.82 Å². The highest BCUT2D eigenvalue weighted by Crippen LogP contribution is 2.30. The first-order valence-electron chi connectivity index (χ1n) is 11.7. The second-order valence-electron chi connectivity index (χ2n) is 8.63. The first-order valence-corrected chi connectivity index (χ1v) is 12.4. The van der Waals surface area contributed by atoms with E-state index in [1.54, 1.807) is 12.3 Å². The second-order valence-corrected chi connectivity index (χ2v) is 9.47. The van der Waals surface area contributed by atoms with Crippen molar-refractivity contribution in [3.63, 3.8) is 0 Å². The Bertz CT molecular complexity index is 1280. The number of hydrogen-bond donors (Lipinski definition) is 1. The summed E-state index contributed by atoms with van der Waals surface area (Å²) in [5.74, 6) is 0.850. The fourth-order valence-corrected chi connectivity index (χ4v) is 5.05. The quantitative estimate of drug-likeness (QED) is 0.355. The molecule has 1 N–H and O–H groups in total. The molecule has 0 saturated carbocycles. The number of anilines is 2. The molecule has 0 aliphatic carbocycles. The monoisotopic (exact) mass is 494 g/mol. The predicted octanol–water partition coefficient (Wildman–Crippen LogP) is 6.02. The third kappa shape index (κ3) is 4.71. The molecule has 0 spiro atoms. The maximum Gasteiger partial charge on any atom is 0.157 e. The molecule has 6 nitrogen and oxygen atoms in total. The molecule has 2 aromatic heterocycles. The fourth-order valence-electron chi connectivity index (χ4n) is 4.48. The van der Waals surface area contributed by atoms with Crippen LogP contribution in [0.5, 0.6) is 0 Å². The first-order chi connectivity index (χ1) is 16.5. The molecule has 1 atom stereocenters. The molecule has 34 heavy (non-hydrogen) atoms. The number of likely N-dealkylation sites (N-methyl/N-ethyl adjacent to an activating group) is 1. The standard InChI is InChI=1S/C26H28Cl2N6/c1-3-32-12-14-33(15-13-32)21-7-4-19(5-8-21)24-17-26(34-25(31-24)10-11-29-34)30-18(2)22-9-6-20(27)16-23(22)28/h4-11,16-18,30H,3,12-15H2,1-2H3. The number of nitrogens with zero attached hydrogens (tertiary/aromatic N) is 5. The lowest BCUT2D eigenvalue weighted by molar-refractivity contribution is 0.271. The van der Waals surface area contributed by atoms with Crippen molar-refractivity contribution < 1.29 is 0 Å². The van der Waals surface area contributed by atoms with Gasteiger partial charge < -0.3 is 15.1 Å². The Labute approximate surface area is 210 Å². The Balaban J connectivity index is 1.40. The van der Waals surface area contributed by atoms with Crippen molar-refractivity contribution in [1.29, 1.82) is 0 Å². The van der Waals surface area contributed by atoms with Crippen LogP contribution in [0.25, 0.3) is 16.9 Å². The van der Waals surface area contributed by atoms with Gasteiger partial charge in [-0.15, -0.1) is 0 Å². The van der Waals surface area contributed by atoms with Gasteiger partial charge in [0, 0.05) is 59.6 Å². The van der Waals surface area contributed by atoms with Crippen molar-refractivity contribution in [2.75, 3.05) is 42.9 Å². The van der Waals surface area contributed by atoms with Gasteiger partial charge in [-0.1, -0.05) is 48.3 Å². The minimum atomic E-state index is -0.0448. The second kappa shape index (κ2) is 9.82. The molecule has 0 bridgehead atoms. The highest BCUT2D eigenvalue weighted by Gasteiger charge is 2.17. The van der Waals surface area contributed by atoms with Crippen molar-refractivity contribution in [1.82, 2.24) is 19.5 Å². The van der Waals surface area contributed by atoms with E-state index in [1.807, 2.05) is 28.8 Å². The molecule has 0 radical (unpaired) electrons. The van der Waals surface area contributed by atoms with Crippen LogP contribution in [0.4, 0.5) is 11.5 Å². The van der Waals surface area contributed by atoms with Crippen LogP contribution in [0, 0.1) is 0 Å². The molecular formula is C26H28Cl2N6. The highest BCUT2D eigenvalue weighted by molar-refractivity contribution is 6.35. The number of halogens is 2. The fraction of sp³-hybridized carbons (Fsp3) is 0.308. The number of rotatable bonds is 6. The van der Waals surface area contributed by atoms with Crippen LogP contribution in [0.2, 0.25) is 10.0 Å². The normalized spacial score (nSPS) is 15.6. The molecule has 8 heteroatoms. The van der Waals surface area contributed by atoms with Gasteiger partial charge in [0.15, 0.2) is 5.65 Å². The lowest BCUT2D eigenvalue weighted by atomic mass is 10.1. The summed E-state index contributed by atoms with van der Waals surface area (Å²) in [5.41, 5.74) is 4.98. The largest absolute Gasteiger partial charge is 0.369 e. The molecule has 1 aliphatic rings. The Hall–Kier alpha value is -2.80. The van der Waals surface area contributed by atoms with Crippen LogP contribution in [0.15, 0.2) is 60.8 Å². The van der Waals surface area contributed by atoms with Gasteiger partial charge in [0.25, 0.3) is 0 Å². The number of hydrogen-bond acceptors (Lipinski definition) is 5. The highest BCUT2D eigenvalue weighted by atomic mass is 35.5. The zero-order valence-electron chi connectivity index (χ0n) is 19.4. The van der Waals surface area contributed by atoms with Crippen LogP contribution in [0.1, 0.15) is 25.5 Å². The van der Waals surface area contributed by atoms with Crippen LogP contribution in [-0.4, -0.2) is 52.2 Å². The topological polar surface area (TPSA) is 48.7 Å². The average Bonchev–Trinajstić information content (AvgIpc) is 3.33. The summed E-state index contributed by atoms with van der Waals surface area (Å²) in [5, 5.41) is 9.26. The molecule has 3 heterocycles. The molecule has 1 fully saturated rings. The zero-order chi connectivity index (χ0) is 23.7. The number of fused-ring (bicyclic) bond motifs is 1. The van der Waals surface area contributed by atoms with Gasteiger partial charge >= 0.3 is 0 Å². The molecule has 5 rings (SSSR count). The van der Waals surface area contributed by atoms with Crippen molar-refractivity contribution in [2.45, 2.75) is 19.9 Å². The number of nitrogens with one attached hydrogen (secondary N) is 1. The lowest BCUT2D eigenvalue weighted by Gasteiger charge is -2.35. The zero-order valence-corrected chi connectivity index (χ0v) is 20.9. The van der Waals surface area contributed by atoms with Gasteiger partial charge in [-0.25, -0.2) is 4.98 Å². The van der Waals surface area contributed by atoms with Crippen molar-refractivity contribution in [2.24, 2.45) is 0 Å². The summed E-state index contributed by atoms with van der Waals surface area (Å²) in [7, 11) is 0. The number of benzene rings is 2. The van der Waals surface area contributed by atoms with Crippen LogP contribution in [-0.2, 0) is 0 Å². The average molecular weight is 495 g/mol. The maximum atomic E-state index is 6.44. The SMILES string of the molecule is CCN1CCN(c2ccc(-c3cc(NC(C)c4ccc(Cl)cc4Cl)n4nccc4n3)cc2)CC1.